The van der Waals surface area contributed by atoms with E-state index in [4.69, 9.17) is 4.74 Å². The Balaban J connectivity index is 1.60. The lowest BCUT2D eigenvalue weighted by Gasteiger charge is -2.12. The van der Waals surface area contributed by atoms with Crippen LogP contribution in [-0.4, -0.2) is 12.2 Å². The molecule has 3 rings (SSSR count). The number of urea groups is 1. The van der Waals surface area contributed by atoms with E-state index in [1.807, 2.05) is 49.4 Å². The molecular weight excluding hydrogens is 604 g/mol. The Kier molecular flexibility index (Phi) is 8.08. The van der Waals surface area contributed by atoms with Crippen LogP contribution in [0.1, 0.15) is 22.3 Å². The van der Waals surface area contributed by atoms with Crippen molar-refractivity contribution in [2.75, 3.05) is 5.32 Å². The molecule has 7 heteroatoms. The first-order valence-corrected chi connectivity index (χ1v) is 11.4. The summed E-state index contributed by atoms with van der Waals surface area (Å²) in [4.78, 5) is 12.0. The van der Waals surface area contributed by atoms with Crippen LogP contribution in [0, 0.1) is 21.0 Å². The summed E-state index contributed by atoms with van der Waals surface area (Å²) in [5.41, 5.74) is 7.46. The van der Waals surface area contributed by atoms with Crippen molar-refractivity contribution in [3.63, 3.8) is 0 Å². The Morgan fingerprint density at radius 1 is 1.03 bits per heavy atom. The van der Waals surface area contributed by atoms with Crippen LogP contribution in [0.2, 0.25) is 0 Å². The molecule has 0 fully saturated rings. The summed E-state index contributed by atoms with van der Waals surface area (Å²) in [7, 11) is 0. The second kappa shape index (κ2) is 10.8. The van der Waals surface area contributed by atoms with Crippen LogP contribution in [0.5, 0.6) is 5.75 Å². The summed E-state index contributed by atoms with van der Waals surface area (Å²) in [5.74, 6) is 0.847. The van der Waals surface area contributed by atoms with Crippen LogP contribution >= 0.6 is 45.2 Å². The molecule has 0 aliphatic carbocycles. The molecule has 2 N–H and O–H groups in total. The van der Waals surface area contributed by atoms with Gasteiger partial charge in [-0.05, 0) is 93.9 Å². The SMILES string of the molecule is Cc1cccc(COc2c(I)cc(C=NNC(=O)Nc3ccccc3C)cc2I)c1. The molecule has 0 saturated heterocycles. The van der Waals surface area contributed by atoms with Gasteiger partial charge in [0.2, 0.25) is 0 Å². The fraction of sp³-hybridized carbons (Fsp3) is 0.130. The minimum atomic E-state index is -0.386. The van der Waals surface area contributed by atoms with Gasteiger partial charge in [-0.1, -0.05) is 48.0 Å². The zero-order valence-corrected chi connectivity index (χ0v) is 20.9. The molecule has 30 heavy (non-hydrogen) atoms. The first-order valence-electron chi connectivity index (χ1n) is 9.25. The monoisotopic (exact) mass is 625 g/mol. The van der Waals surface area contributed by atoms with Gasteiger partial charge in [0.1, 0.15) is 12.4 Å². The van der Waals surface area contributed by atoms with Crippen LogP contribution in [0.4, 0.5) is 10.5 Å². The molecule has 5 nitrogen and oxygen atoms in total. The fourth-order valence-corrected chi connectivity index (χ4v) is 4.91. The molecule has 0 spiro atoms. The number of nitrogens with zero attached hydrogens (tertiary/aromatic N) is 1. The fourth-order valence-electron chi connectivity index (χ4n) is 2.78. The van der Waals surface area contributed by atoms with E-state index < -0.39 is 0 Å². The summed E-state index contributed by atoms with van der Waals surface area (Å²) in [6.45, 7) is 4.52. The number of halogens is 2. The number of nitrogens with one attached hydrogen (secondary N) is 2. The van der Waals surface area contributed by atoms with Crippen molar-refractivity contribution in [3.8, 4) is 5.75 Å². The molecule has 0 aliphatic rings. The molecule has 0 bridgehead atoms. The number of carbonyl (C=O) groups excluding carboxylic acids is 1. The Labute approximate surface area is 203 Å². The third-order valence-electron chi connectivity index (χ3n) is 4.26. The van der Waals surface area contributed by atoms with Gasteiger partial charge in [-0.3, -0.25) is 0 Å². The predicted molar refractivity (Wildman–Crippen MR) is 138 cm³/mol. The second-order valence-corrected chi connectivity index (χ2v) is 9.05. The molecule has 0 aromatic heterocycles. The average molecular weight is 625 g/mol. The van der Waals surface area contributed by atoms with E-state index in [1.165, 1.54) is 5.56 Å². The summed E-state index contributed by atoms with van der Waals surface area (Å²) in [6.07, 6.45) is 1.62. The van der Waals surface area contributed by atoms with Gasteiger partial charge in [-0.2, -0.15) is 5.10 Å². The second-order valence-electron chi connectivity index (χ2n) is 6.73. The topological polar surface area (TPSA) is 62.7 Å². The maximum Gasteiger partial charge on any atom is 0.339 e. The number of rotatable bonds is 6. The molecule has 2 amide bonds. The zero-order chi connectivity index (χ0) is 21.5. The van der Waals surface area contributed by atoms with Crippen molar-refractivity contribution in [1.29, 1.82) is 0 Å². The summed E-state index contributed by atoms with van der Waals surface area (Å²) in [5, 5.41) is 6.83. The first-order chi connectivity index (χ1) is 14.4. The molecule has 0 heterocycles. The molecule has 0 aliphatic heterocycles. The highest BCUT2D eigenvalue weighted by atomic mass is 127. The first kappa shape index (κ1) is 22.5. The van der Waals surface area contributed by atoms with Crippen LogP contribution in [0.25, 0.3) is 0 Å². The van der Waals surface area contributed by atoms with Gasteiger partial charge in [0.05, 0.1) is 13.4 Å². The van der Waals surface area contributed by atoms with Gasteiger partial charge < -0.3 is 10.1 Å². The third-order valence-corrected chi connectivity index (χ3v) is 5.86. The largest absolute Gasteiger partial charge is 0.487 e. The van der Waals surface area contributed by atoms with E-state index in [1.54, 1.807) is 6.21 Å². The minimum Gasteiger partial charge on any atom is -0.487 e. The smallest absolute Gasteiger partial charge is 0.339 e. The summed E-state index contributed by atoms with van der Waals surface area (Å²) >= 11 is 4.51. The number of ether oxygens (including phenoxy) is 1. The molecule has 3 aromatic rings. The van der Waals surface area contributed by atoms with Crippen LogP contribution < -0.4 is 15.5 Å². The van der Waals surface area contributed by atoms with E-state index in [2.05, 4.69) is 86.1 Å². The van der Waals surface area contributed by atoms with E-state index in [9.17, 15) is 4.79 Å². The normalized spacial score (nSPS) is 10.8. The number of carbonyl (C=O) groups is 1. The zero-order valence-electron chi connectivity index (χ0n) is 16.6. The van der Waals surface area contributed by atoms with Gasteiger partial charge in [0.25, 0.3) is 0 Å². The van der Waals surface area contributed by atoms with Crippen molar-refractivity contribution >= 4 is 63.1 Å². The highest BCUT2D eigenvalue weighted by Crippen LogP contribution is 2.29. The van der Waals surface area contributed by atoms with E-state index in [0.29, 0.717) is 6.61 Å². The average Bonchev–Trinajstić information content (AvgIpc) is 2.69. The van der Waals surface area contributed by atoms with Gasteiger partial charge in [0, 0.05) is 5.69 Å². The Hall–Kier alpha value is -2.14. The molecule has 3 aromatic carbocycles. The number of hydrogen-bond donors (Lipinski definition) is 2. The molecule has 0 unspecified atom stereocenters. The van der Waals surface area contributed by atoms with Crippen LogP contribution in [-0.2, 0) is 6.61 Å². The Morgan fingerprint density at radius 2 is 1.77 bits per heavy atom. The lowest BCUT2D eigenvalue weighted by atomic mass is 10.1. The van der Waals surface area contributed by atoms with E-state index in [0.717, 1.165) is 35.3 Å². The van der Waals surface area contributed by atoms with Crippen molar-refractivity contribution in [2.45, 2.75) is 20.5 Å². The predicted octanol–water partition coefficient (Wildman–Crippen LogP) is 6.25. The number of benzene rings is 3. The van der Waals surface area contributed by atoms with Gasteiger partial charge in [0.15, 0.2) is 0 Å². The van der Waals surface area contributed by atoms with Crippen molar-refractivity contribution in [1.82, 2.24) is 5.43 Å². The van der Waals surface area contributed by atoms with Crippen molar-refractivity contribution < 1.29 is 9.53 Å². The highest BCUT2D eigenvalue weighted by molar-refractivity contribution is 14.1. The summed E-state index contributed by atoms with van der Waals surface area (Å²) < 4.78 is 8.01. The molecule has 154 valence electrons. The molecule has 0 saturated carbocycles. The maximum atomic E-state index is 12.0. The summed E-state index contributed by atoms with van der Waals surface area (Å²) in [6, 6.07) is 19.4. The van der Waals surface area contributed by atoms with Crippen molar-refractivity contribution in [2.24, 2.45) is 5.10 Å². The van der Waals surface area contributed by atoms with Crippen molar-refractivity contribution in [3.05, 3.63) is 90.1 Å². The highest BCUT2D eigenvalue weighted by Gasteiger charge is 2.09. The standard InChI is InChI=1S/C23H21I2N3O2/c1-15-6-5-8-17(10-15)14-30-22-19(24)11-18(12-20(22)25)13-26-28-23(29)27-21-9-4-3-7-16(21)2/h3-13H,14H2,1-2H3,(H2,27,28,29). The third kappa shape index (κ3) is 6.43. The maximum absolute atomic E-state index is 12.0. The lowest BCUT2D eigenvalue weighted by molar-refractivity contribution is 0.252. The van der Waals surface area contributed by atoms with Gasteiger partial charge in [-0.15, -0.1) is 0 Å². The van der Waals surface area contributed by atoms with Gasteiger partial charge in [-0.25, -0.2) is 10.2 Å². The number of aryl methyl sites for hydroxylation is 2. The van der Waals surface area contributed by atoms with E-state index >= 15 is 0 Å². The van der Waals surface area contributed by atoms with E-state index in [-0.39, 0.29) is 6.03 Å². The molecule has 0 radical (unpaired) electrons. The minimum absolute atomic E-state index is 0.386. The number of hydrogen-bond acceptors (Lipinski definition) is 3. The quantitative estimate of drug-likeness (QED) is 0.194. The van der Waals surface area contributed by atoms with Crippen LogP contribution in [0.3, 0.4) is 0 Å². The Bertz CT molecular complexity index is 1060. The number of amides is 2. The lowest BCUT2D eigenvalue weighted by Crippen LogP contribution is -2.24. The number of para-hydroxylation sites is 1. The van der Waals surface area contributed by atoms with Crippen LogP contribution in [0.15, 0.2) is 65.8 Å². The number of hydrazone groups is 1. The Morgan fingerprint density at radius 3 is 2.47 bits per heavy atom. The molecular formula is C23H21I2N3O2. The number of anilines is 1. The molecule has 0 atom stereocenters. The van der Waals surface area contributed by atoms with Gasteiger partial charge >= 0.3 is 6.03 Å².